The first-order valence-electron chi connectivity index (χ1n) is 7.46. The molecule has 1 aliphatic heterocycles. The highest BCUT2D eigenvalue weighted by atomic mass is 16.2. The largest absolute Gasteiger partial charge is 0.360 e. The summed E-state index contributed by atoms with van der Waals surface area (Å²) >= 11 is 0. The number of nitrogens with zero attached hydrogens (tertiary/aromatic N) is 1. The van der Waals surface area contributed by atoms with Crippen molar-refractivity contribution in [1.82, 2.24) is 0 Å². The number of para-hydroxylation sites is 2. The zero-order valence-electron chi connectivity index (χ0n) is 12.2. The molecule has 1 fully saturated rings. The van der Waals surface area contributed by atoms with E-state index in [0.29, 0.717) is 11.3 Å². The highest BCUT2D eigenvalue weighted by Gasteiger charge is 2.31. The van der Waals surface area contributed by atoms with E-state index in [2.05, 4.69) is 10.2 Å². The summed E-state index contributed by atoms with van der Waals surface area (Å²) in [7, 11) is 0. The molecule has 0 unspecified atom stereocenters. The van der Waals surface area contributed by atoms with E-state index >= 15 is 0 Å². The Bertz CT molecular complexity index is 670. The van der Waals surface area contributed by atoms with Gasteiger partial charge in [-0.2, -0.15) is 0 Å². The second kappa shape index (κ2) is 6.43. The lowest BCUT2D eigenvalue weighted by Gasteiger charge is -2.26. The van der Waals surface area contributed by atoms with Crippen LogP contribution < -0.4 is 10.2 Å². The summed E-state index contributed by atoms with van der Waals surface area (Å²) in [4.78, 5) is 25.8. The van der Waals surface area contributed by atoms with E-state index in [1.807, 2.05) is 36.4 Å². The molecule has 3 rings (SSSR count). The summed E-state index contributed by atoms with van der Waals surface area (Å²) in [6.45, 7) is 0.872. The second-order valence-electron chi connectivity index (χ2n) is 5.38. The number of benzene rings is 2. The molecule has 112 valence electrons. The third kappa shape index (κ3) is 2.86. The number of amides is 1. The topological polar surface area (TPSA) is 49.4 Å². The van der Waals surface area contributed by atoms with Crippen LogP contribution in [0.15, 0.2) is 54.6 Å². The van der Waals surface area contributed by atoms with Crippen LogP contribution in [0.1, 0.15) is 23.2 Å². The maximum Gasteiger partial charge on any atom is 0.247 e. The number of hydrogen-bond acceptors (Lipinski definition) is 3. The Morgan fingerprint density at radius 2 is 1.82 bits per heavy atom. The molecule has 1 amide bonds. The predicted octanol–water partition coefficient (Wildman–Crippen LogP) is 3.11. The van der Waals surface area contributed by atoms with Crippen molar-refractivity contribution >= 4 is 23.6 Å². The van der Waals surface area contributed by atoms with Crippen LogP contribution in [0.5, 0.6) is 0 Å². The highest BCUT2D eigenvalue weighted by Crippen LogP contribution is 2.26. The highest BCUT2D eigenvalue weighted by molar-refractivity contribution is 6.00. The van der Waals surface area contributed by atoms with E-state index in [4.69, 9.17) is 0 Å². The van der Waals surface area contributed by atoms with Gasteiger partial charge in [-0.3, -0.25) is 9.59 Å². The van der Waals surface area contributed by atoms with Gasteiger partial charge in [0.05, 0.1) is 5.69 Å². The van der Waals surface area contributed by atoms with Crippen LogP contribution in [-0.4, -0.2) is 24.8 Å². The minimum Gasteiger partial charge on any atom is -0.360 e. The number of nitrogens with one attached hydrogen (secondary N) is 1. The van der Waals surface area contributed by atoms with Gasteiger partial charge in [0.15, 0.2) is 6.29 Å². The van der Waals surface area contributed by atoms with E-state index in [0.717, 1.165) is 31.4 Å². The van der Waals surface area contributed by atoms with Crippen molar-refractivity contribution in [2.24, 2.45) is 0 Å². The van der Waals surface area contributed by atoms with Gasteiger partial charge < -0.3 is 10.2 Å². The predicted molar refractivity (Wildman–Crippen MR) is 87.3 cm³/mol. The lowest BCUT2D eigenvalue weighted by molar-refractivity contribution is -0.117. The fraction of sp³-hybridized carbons (Fsp3) is 0.222. The molecule has 0 spiro atoms. The first kappa shape index (κ1) is 14.3. The number of rotatable bonds is 4. The maximum absolute atomic E-state index is 12.6. The summed E-state index contributed by atoms with van der Waals surface area (Å²) < 4.78 is 0. The zero-order chi connectivity index (χ0) is 15.4. The zero-order valence-corrected chi connectivity index (χ0v) is 12.2. The van der Waals surface area contributed by atoms with Crippen LogP contribution in [0, 0.1) is 0 Å². The van der Waals surface area contributed by atoms with Crippen molar-refractivity contribution in [2.75, 3.05) is 16.8 Å². The van der Waals surface area contributed by atoms with Crippen molar-refractivity contribution in [3.8, 4) is 0 Å². The Labute approximate surface area is 129 Å². The van der Waals surface area contributed by atoms with Gasteiger partial charge in [-0.15, -0.1) is 0 Å². The van der Waals surface area contributed by atoms with Gasteiger partial charge in [0.25, 0.3) is 0 Å². The van der Waals surface area contributed by atoms with Gasteiger partial charge >= 0.3 is 0 Å². The first-order chi connectivity index (χ1) is 10.8. The monoisotopic (exact) mass is 294 g/mol. The van der Waals surface area contributed by atoms with Gasteiger partial charge in [-0.1, -0.05) is 30.3 Å². The molecule has 2 aromatic rings. The molecule has 0 aliphatic carbocycles. The Balaban J connectivity index is 1.78. The van der Waals surface area contributed by atoms with Crippen molar-refractivity contribution in [2.45, 2.75) is 18.9 Å². The number of anilines is 2. The third-order valence-electron chi connectivity index (χ3n) is 3.99. The summed E-state index contributed by atoms with van der Waals surface area (Å²) in [6.07, 6.45) is 2.57. The van der Waals surface area contributed by atoms with Gasteiger partial charge in [0, 0.05) is 17.8 Å². The fourth-order valence-corrected chi connectivity index (χ4v) is 2.90. The minimum atomic E-state index is -0.192. The summed E-state index contributed by atoms with van der Waals surface area (Å²) in [5.74, 6) is -0.0596. The van der Waals surface area contributed by atoms with Crippen LogP contribution in [0.2, 0.25) is 0 Å². The quantitative estimate of drug-likeness (QED) is 0.881. The molecule has 0 saturated carbocycles. The smallest absolute Gasteiger partial charge is 0.247 e. The van der Waals surface area contributed by atoms with Gasteiger partial charge in [0.2, 0.25) is 5.91 Å². The molecule has 0 bridgehead atoms. The molecular weight excluding hydrogens is 276 g/mol. The van der Waals surface area contributed by atoms with Crippen molar-refractivity contribution < 1.29 is 9.59 Å². The SMILES string of the molecule is O=Cc1ccccc1NC(=O)[C@@H]1CCCN1c1ccccc1. The molecule has 4 nitrogen and oxygen atoms in total. The molecule has 22 heavy (non-hydrogen) atoms. The van der Waals surface area contributed by atoms with E-state index in [-0.39, 0.29) is 11.9 Å². The molecule has 1 aliphatic rings. The van der Waals surface area contributed by atoms with Crippen LogP contribution >= 0.6 is 0 Å². The normalized spacial score (nSPS) is 17.3. The average Bonchev–Trinajstić information content (AvgIpc) is 3.06. The van der Waals surface area contributed by atoms with Crippen LogP contribution in [0.4, 0.5) is 11.4 Å². The van der Waals surface area contributed by atoms with Crippen molar-refractivity contribution in [3.63, 3.8) is 0 Å². The average molecular weight is 294 g/mol. The number of carbonyl (C=O) groups is 2. The van der Waals surface area contributed by atoms with Gasteiger partial charge in [0.1, 0.15) is 6.04 Å². The standard InChI is InChI=1S/C18H18N2O2/c21-13-14-7-4-5-10-16(14)19-18(22)17-11-6-12-20(17)15-8-2-1-3-9-15/h1-5,7-10,13,17H,6,11-12H2,(H,19,22)/t17-/m0/s1. The molecule has 1 heterocycles. The van der Waals surface area contributed by atoms with E-state index < -0.39 is 0 Å². The summed E-state index contributed by atoms with van der Waals surface area (Å²) in [5.41, 5.74) is 2.13. The lowest BCUT2D eigenvalue weighted by Crippen LogP contribution is -2.39. The molecule has 0 radical (unpaired) electrons. The first-order valence-corrected chi connectivity index (χ1v) is 7.46. The number of aldehydes is 1. The second-order valence-corrected chi connectivity index (χ2v) is 5.38. The molecule has 1 saturated heterocycles. The van der Waals surface area contributed by atoms with Gasteiger partial charge in [-0.05, 0) is 37.1 Å². The Kier molecular flexibility index (Phi) is 4.19. The summed E-state index contributed by atoms with van der Waals surface area (Å²) in [5, 5.41) is 2.89. The van der Waals surface area contributed by atoms with Crippen LogP contribution in [0.3, 0.4) is 0 Å². The van der Waals surface area contributed by atoms with E-state index in [1.54, 1.807) is 18.2 Å². The van der Waals surface area contributed by atoms with Crippen LogP contribution in [0.25, 0.3) is 0 Å². The Morgan fingerprint density at radius 3 is 2.59 bits per heavy atom. The minimum absolute atomic E-state index is 0.0596. The fourth-order valence-electron chi connectivity index (χ4n) is 2.90. The van der Waals surface area contributed by atoms with E-state index in [9.17, 15) is 9.59 Å². The van der Waals surface area contributed by atoms with Crippen molar-refractivity contribution in [1.29, 1.82) is 0 Å². The van der Waals surface area contributed by atoms with E-state index in [1.165, 1.54) is 0 Å². The molecular formula is C18H18N2O2. The Hall–Kier alpha value is -2.62. The molecule has 0 aromatic heterocycles. The summed E-state index contributed by atoms with van der Waals surface area (Å²) in [6, 6.07) is 16.8. The van der Waals surface area contributed by atoms with Gasteiger partial charge in [-0.25, -0.2) is 0 Å². The van der Waals surface area contributed by atoms with Crippen molar-refractivity contribution in [3.05, 3.63) is 60.2 Å². The molecule has 4 heteroatoms. The molecule has 1 atom stereocenters. The maximum atomic E-state index is 12.6. The third-order valence-corrected chi connectivity index (χ3v) is 3.99. The molecule has 1 N–H and O–H groups in total. The van der Waals surface area contributed by atoms with Crippen LogP contribution in [-0.2, 0) is 4.79 Å². The lowest BCUT2D eigenvalue weighted by atomic mass is 10.1. The number of carbonyl (C=O) groups excluding carboxylic acids is 2. The Morgan fingerprint density at radius 1 is 1.09 bits per heavy atom. The number of hydrogen-bond donors (Lipinski definition) is 1. The molecule has 2 aromatic carbocycles.